The number of rotatable bonds is 15. The van der Waals surface area contributed by atoms with E-state index in [1.807, 2.05) is 30.3 Å². The molecular weight excluding hydrogens is 1350 g/mol. The van der Waals surface area contributed by atoms with E-state index >= 15 is 0 Å². The van der Waals surface area contributed by atoms with Gasteiger partial charge in [0.15, 0.2) is 16.9 Å². The second-order valence-corrected chi connectivity index (χ2v) is 26.4. The van der Waals surface area contributed by atoms with Crippen LogP contribution in [0, 0.1) is 17.8 Å². The summed E-state index contributed by atoms with van der Waals surface area (Å²) in [7, 11) is 0. The van der Waals surface area contributed by atoms with Gasteiger partial charge in [-0.05, 0) is 146 Å². The van der Waals surface area contributed by atoms with Crippen molar-refractivity contribution in [2.45, 2.75) is 88.8 Å². The summed E-state index contributed by atoms with van der Waals surface area (Å²) in [6.07, 6.45) is 8.03. The molecule has 4 aliphatic carbocycles. The highest BCUT2D eigenvalue weighted by atomic mass is 79.9. The summed E-state index contributed by atoms with van der Waals surface area (Å²) >= 11 is 7.63. The van der Waals surface area contributed by atoms with Crippen molar-refractivity contribution in [3.8, 4) is 0 Å². The number of alkyl halides is 6. The summed E-state index contributed by atoms with van der Waals surface area (Å²) in [5.74, 6) is 4.34. The van der Waals surface area contributed by atoms with E-state index in [9.17, 15) is 40.7 Å². The van der Waals surface area contributed by atoms with E-state index in [2.05, 4.69) is 114 Å². The molecule has 11 aromatic rings. The van der Waals surface area contributed by atoms with Crippen LogP contribution in [0.2, 0.25) is 0 Å². The molecule has 31 heteroatoms. The summed E-state index contributed by atoms with van der Waals surface area (Å²) < 4.78 is 78.5. The number of halogens is 7. The van der Waals surface area contributed by atoms with E-state index in [0.717, 1.165) is 120 Å². The van der Waals surface area contributed by atoms with Crippen molar-refractivity contribution in [1.29, 1.82) is 0 Å². The molecule has 4 saturated carbocycles. The van der Waals surface area contributed by atoms with Gasteiger partial charge in [0.05, 0.1) is 51.6 Å². The Morgan fingerprint density at radius 1 is 0.479 bits per heavy atom. The topological polar surface area (TPSA) is 287 Å². The molecule has 6 heterocycles. The van der Waals surface area contributed by atoms with Crippen molar-refractivity contribution in [1.82, 2.24) is 65.8 Å². The molecular formula is C63H55BrF6N18O3S3. The lowest BCUT2D eigenvalue weighted by molar-refractivity contribution is -0.138. The van der Waals surface area contributed by atoms with Gasteiger partial charge in [-0.15, -0.1) is 35.3 Å². The molecule has 482 valence electrons. The van der Waals surface area contributed by atoms with Crippen LogP contribution in [0.15, 0.2) is 172 Å². The summed E-state index contributed by atoms with van der Waals surface area (Å²) in [4.78, 5) is 62.7. The Hall–Kier alpha value is -9.33. The molecule has 4 aliphatic rings. The fraction of sp³-hybridized carbons (Fsp3) is 0.238. The number of aromatic nitrogens is 12. The molecule has 4 fully saturated rings. The number of anilines is 5. The van der Waals surface area contributed by atoms with Crippen molar-refractivity contribution in [2.24, 2.45) is 17.8 Å². The average Bonchev–Trinajstić information content (AvgIpc) is 1.01. The Morgan fingerprint density at radius 3 is 1.29 bits per heavy atom. The number of urea groups is 3. The maximum absolute atomic E-state index is 13.3. The van der Waals surface area contributed by atoms with Crippen LogP contribution >= 0.6 is 51.2 Å². The number of nitrogens with one attached hydrogen (secondary N) is 9. The van der Waals surface area contributed by atoms with E-state index in [1.54, 1.807) is 73.1 Å². The number of H-pyrrole nitrogens is 3. The molecule has 21 nitrogen and oxygen atoms in total. The smallest absolute Gasteiger partial charge is 0.332 e. The van der Waals surface area contributed by atoms with Crippen molar-refractivity contribution in [2.75, 3.05) is 26.6 Å². The van der Waals surface area contributed by atoms with Crippen LogP contribution in [-0.4, -0.2) is 84.1 Å². The molecule has 5 aromatic carbocycles. The number of fused-ring (bicyclic) bond motifs is 3. The first-order valence-corrected chi connectivity index (χ1v) is 32.9. The molecule has 9 N–H and O–H groups in total. The predicted octanol–water partition coefficient (Wildman–Crippen LogP) is 16.1. The SMILES string of the molecule is O=C(Nc1cccc(CSc2ncnc3[nH]ncc23)c1)NC12CC3CC(CC(C3)C1)C2.O=C(Nc1cccc(CSc2ncnc3[nH]ncc23)c1)Nc1ccc(Br)cc1C(F)(F)F.O=C(Nc1cccc(CSc2ncnc3[nH]ncc23)c1)Nc1cccc(C(F)(F)F)c1. The van der Waals surface area contributed by atoms with Gasteiger partial charge >= 0.3 is 30.4 Å². The predicted molar refractivity (Wildman–Crippen MR) is 352 cm³/mol. The maximum Gasteiger partial charge on any atom is 0.418 e. The van der Waals surface area contributed by atoms with Gasteiger partial charge in [-0.2, -0.15) is 41.6 Å². The molecule has 0 atom stereocenters. The molecule has 15 rings (SSSR count). The second-order valence-electron chi connectivity index (χ2n) is 22.6. The van der Waals surface area contributed by atoms with Crippen molar-refractivity contribution < 1.29 is 40.7 Å². The molecule has 4 bridgehead atoms. The van der Waals surface area contributed by atoms with Gasteiger partial charge in [0.25, 0.3) is 0 Å². The van der Waals surface area contributed by atoms with Crippen molar-refractivity contribution >= 4 is 131 Å². The van der Waals surface area contributed by atoms with E-state index in [4.69, 9.17) is 0 Å². The molecule has 6 amide bonds. The minimum absolute atomic E-state index is 0.0231. The highest BCUT2D eigenvalue weighted by Gasteiger charge is 2.51. The van der Waals surface area contributed by atoms with E-state index in [1.165, 1.54) is 79.7 Å². The van der Waals surface area contributed by atoms with Crippen molar-refractivity contribution in [3.63, 3.8) is 0 Å². The zero-order valence-electron chi connectivity index (χ0n) is 49.1. The normalized spacial score (nSPS) is 17.2. The summed E-state index contributed by atoms with van der Waals surface area (Å²) in [5.41, 5.74) is 4.74. The average molecular weight is 1400 g/mol. The highest BCUT2D eigenvalue weighted by molar-refractivity contribution is 9.10. The first kappa shape index (κ1) is 64.8. The number of hydrogen-bond donors (Lipinski definition) is 9. The van der Waals surface area contributed by atoms with E-state index < -0.39 is 35.5 Å². The number of benzene rings is 5. The number of carbonyl (C=O) groups is 3. The quantitative estimate of drug-likeness (QED) is 0.0262. The van der Waals surface area contributed by atoms with Gasteiger partial charge < -0.3 is 31.9 Å². The van der Waals surface area contributed by atoms with E-state index in [0.29, 0.717) is 34.2 Å². The van der Waals surface area contributed by atoms with Crippen LogP contribution in [0.1, 0.15) is 66.3 Å². The Morgan fingerprint density at radius 2 is 0.872 bits per heavy atom. The first-order valence-electron chi connectivity index (χ1n) is 29.2. The molecule has 0 saturated heterocycles. The van der Waals surface area contributed by atoms with Crippen LogP contribution < -0.4 is 31.9 Å². The number of carbonyl (C=O) groups excluding carboxylic acids is 3. The minimum atomic E-state index is -4.61. The number of hydrogen-bond acceptors (Lipinski definition) is 15. The zero-order chi connectivity index (χ0) is 65.4. The largest absolute Gasteiger partial charge is 0.418 e. The lowest BCUT2D eigenvalue weighted by Gasteiger charge is -2.56. The summed E-state index contributed by atoms with van der Waals surface area (Å²) in [6, 6.07) is 28.7. The van der Waals surface area contributed by atoms with Gasteiger partial charge in [0.1, 0.15) is 34.1 Å². The Labute approximate surface area is 552 Å². The standard InChI is InChI=1S/C23H26N6OS.C20H14BrF3N6OS.C20H15F3N6OS/c30-22(28-23-8-15-4-16(9-23)6-17(5-15)10-23)27-18-3-1-2-14(7-18)12-31-21-19-11-26-29-20(19)24-13-25-21;21-12-4-5-16(15(7-12)20(22,23)24)29-19(31)28-13-3-1-2-11(6-13)9-32-18-14-8-27-30-17(14)25-10-26-18;21-20(22,23)13-4-2-6-15(8-13)28-19(30)27-14-5-1-3-12(7-14)10-31-18-16-9-26-29-17(16)24-11-25-18/h1-3,7,11,13,15-17H,4-6,8-10,12H2,(H2,27,28,30)(H,24,25,26,29);1-8,10H,9H2,(H2,28,29,31)(H,25,26,27,30);1-9,11H,10H2,(H2,27,28,30)(H,24,25,26,29). The third-order valence-electron chi connectivity index (χ3n) is 15.7. The third kappa shape index (κ3) is 16.5. The van der Waals surface area contributed by atoms with Gasteiger partial charge in [-0.3, -0.25) is 15.3 Å². The van der Waals surface area contributed by atoms with Gasteiger partial charge in [0.2, 0.25) is 0 Å². The highest BCUT2D eigenvalue weighted by Crippen LogP contribution is 2.55. The third-order valence-corrected chi connectivity index (χ3v) is 19.4. The molecule has 0 aliphatic heterocycles. The molecule has 0 unspecified atom stereocenters. The minimum Gasteiger partial charge on any atom is -0.332 e. The summed E-state index contributed by atoms with van der Waals surface area (Å²) in [5, 5.41) is 41.7. The number of nitrogens with zero attached hydrogens (tertiary/aromatic N) is 9. The molecule has 6 aromatic heterocycles. The maximum atomic E-state index is 13.3. The molecule has 0 radical (unpaired) electrons. The van der Waals surface area contributed by atoms with Crippen LogP contribution in [-0.2, 0) is 29.6 Å². The molecule has 0 spiro atoms. The van der Waals surface area contributed by atoms with Crippen LogP contribution in [0.4, 0.5) is 69.2 Å². The van der Waals surface area contributed by atoms with Gasteiger partial charge in [0, 0.05) is 50.0 Å². The van der Waals surface area contributed by atoms with E-state index in [-0.39, 0.29) is 27.4 Å². The van der Waals surface area contributed by atoms with Crippen LogP contribution in [0.25, 0.3) is 33.1 Å². The Bertz CT molecular complexity index is 4500. The zero-order valence-corrected chi connectivity index (χ0v) is 53.2. The van der Waals surface area contributed by atoms with Gasteiger partial charge in [-0.1, -0.05) is 58.4 Å². The fourth-order valence-corrected chi connectivity index (χ4v) is 15.2. The summed E-state index contributed by atoms with van der Waals surface area (Å²) in [6.45, 7) is 0. The fourth-order valence-electron chi connectivity index (χ4n) is 12.1. The Kier molecular flexibility index (Phi) is 19.6. The lowest BCUT2D eigenvalue weighted by Crippen LogP contribution is -2.60. The van der Waals surface area contributed by atoms with Crippen LogP contribution in [0.5, 0.6) is 0 Å². The number of amides is 6. The monoisotopic (exact) mass is 1400 g/mol. The first-order chi connectivity index (χ1) is 45.3. The second kappa shape index (κ2) is 28.5. The number of aromatic amines is 3. The van der Waals surface area contributed by atoms with Gasteiger partial charge in [-0.25, -0.2) is 44.3 Å². The number of thioether (sulfide) groups is 3. The molecule has 94 heavy (non-hydrogen) atoms. The van der Waals surface area contributed by atoms with Crippen molar-refractivity contribution in [3.05, 3.63) is 185 Å². The Balaban J connectivity index is 0.000000135. The lowest BCUT2D eigenvalue weighted by atomic mass is 9.53. The van der Waals surface area contributed by atoms with Crippen LogP contribution in [0.3, 0.4) is 0 Å².